The molecule has 2 aromatic carbocycles. The van der Waals surface area contributed by atoms with E-state index in [0.29, 0.717) is 16.4 Å². The number of esters is 1. The number of aromatic carboxylic acids is 1. The monoisotopic (exact) mass is 413 g/mol. The van der Waals surface area contributed by atoms with Gasteiger partial charge in [0.05, 0.1) is 17.9 Å². The van der Waals surface area contributed by atoms with Crippen LogP contribution in [0.5, 0.6) is 5.75 Å². The van der Waals surface area contributed by atoms with Gasteiger partial charge in [-0.3, -0.25) is 0 Å². The average molecular weight is 414 g/mol. The summed E-state index contributed by atoms with van der Waals surface area (Å²) in [4.78, 5) is 31.9. The molecule has 3 N–H and O–H groups in total. The van der Waals surface area contributed by atoms with Crippen molar-refractivity contribution in [2.45, 2.75) is 6.92 Å². The van der Waals surface area contributed by atoms with Crippen LogP contribution in [-0.4, -0.2) is 38.7 Å². The van der Waals surface area contributed by atoms with Crippen LogP contribution in [0, 0.1) is 0 Å². The Morgan fingerprint density at radius 2 is 1.90 bits per heavy atom. The summed E-state index contributed by atoms with van der Waals surface area (Å²) in [6, 6.07) is 10.6. The number of ether oxygens (including phenoxy) is 1. The van der Waals surface area contributed by atoms with E-state index >= 15 is 0 Å². The third-order valence-corrected chi connectivity index (χ3v) is 4.14. The van der Waals surface area contributed by atoms with Gasteiger partial charge in [0.15, 0.2) is 5.82 Å². The SMILES string of the molecule is CCOC(=O)c1cnc(-c2ccc(Cl)cc2)nc1Nc1ccc(C(=O)O)cc1O. The van der Waals surface area contributed by atoms with Crippen molar-refractivity contribution >= 4 is 35.0 Å². The third kappa shape index (κ3) is 4.61. The van der Waals surface area contributed by atoms with Gasteiger partial charge in [-0.1, -0.05) is 11.6 Å². The number of aromatic hydroxyl groups is 1. The highest BCUT2D eigenvalue weighted by Gasteiger charge is 2.18. The van der Waals surface area contributed by atoms with Crippen molar-refractivity contribution in [1.82, 2.24) is 9.97 Å². The van der Waals surface area contributed by atoms with E-state index in [1.54, 1.807) is 31.2 Å². The number of halogens is 1. The molecular weight excluding hydrogens is 398 g/mol. The number of nitrogens with one attached hydrogen (secondary N) is 1. The van der Waals surface area contributed by atoms with E-state index in [1.807, 2.05) is 0 Å². The molecule has 3 aromatic rings. The van der Waals surface area contributed by atoms with Gasteiger partial charge in [0, 0.05) is 16.8 Å². The van der Waals surface area contributed by atoms with Crippen LogP contribution in [0.15, 0.2) is 48.7 Å². The number of phenolic OH excluding ortho intramolecular Hbond substituents is 1. The molecule has 3 rings (SSSR count). The van der Waals surface area contributed by atoms with Crippen molar-refractivity contribution in [3.05, 3.63) is 64.8 Å². The van der Waals surface area contributed by atoms with Gasteiger partial charge in [-0.2, -0.15) is 0 Å². The normalized spacial score (nSPS) is 10.4. The van der Waals surface area contributed by atoms with Crippen molar-refractivity contribution < 1.29 is 24.5 Å². The molecule has 1 heterocycles. The first kappa shape index (κ1) is 20.1. The van der Waals surface area contributed by atoms with E-state index in [4.69, 9.17) is 21.4 Å². The van der Waals surface area contributed by atoms with Gasteiger partial charge in [0.1, 0.15) is 17.1 Å². The highest BCUT2D eigenvalue weighted by atomic mass is 35.5. The van der Waals surface area contributed by atoms with Crippen molar-refractivity contribution in [3.63, 3.8) is 0 Å². The second kappa shape index (κ2) is 8.57. The smallest absolute Gasteiger partial charge is 0.343 e. The molecule has 148 valence electrons. The minimum Gasteiger partial charge on any atom is -0.506 e. The summed E-state index contributed by atoms with van der Waals surface area (Å²) in [5, 5.41) is 22.6. The van der Waals surface area contributed by atoms with Crippen LogP contribution < -0.4 is 5.32 Å². The standard InChI is InChI=1S/C20H16ClN3O5/c1-2-29-20(28)14-10-22-17(11-3-6-13(21)7-4-11)24-18(14)23-15-8-5-12(19(26)27)9-16(15)25/h3-10,25H,2H2,1H3,(H,26,27)(H,22,23,24). The number of anilines is 2. The van der Waals surface area contributed by atoms with E-state index in [0.717, 1.165) is 6.07 Å². The number of rotatable bonds is 6. The van der Waals surface area contributed by atoms with Crippen LogP contribution in [0.1, 0.15) is 27.6 Å². The molecule has 29 heavy (non-hydrogen) atoms. The van der Waals surface area contributed by atoms with E-state index in [-0.39, 0.29) is 35.0 Å². The first-order valence-corrected chi connectivity index (χ1v) is 8.90. The average Bonchev–Trinajstić information content (AvgIpc) is 2.70. The lowest BCUT2D eigenvalue weighted by Gasteiger charge is -2.13. The molecule has 0 saturated carbocycles. The Hall–Kier alpha value is -3.65. The predicted octanol–water partition coefficient (Wildman–Crippen LogP) is 4.12. The fraction of sp³-hybridized carbons (Fsp3) is 0.100. The third-order valence-electron chi connectivity index (χ3n) is 3.88. The number of hydrogen-bond donors (Lipinski definition) is 3. The number of aromatic nitrogens is 2. The van der Waals surface area contributed by atoms with Crippen molar-refractivity contribution in [3.8, 4) is 17.1 Å². The minimum absolute atomic E-state index is 0.0614. The lowest BCUT2D eigenvalue weighted by Crippen LogP contribution is -2.11. The number of carbonyl (C=O) groups excluding carboxylic acids is 1. The van der Waals surface area contributed by atoms with Gasteiger partial charge in [0.2, 0.25) is 0 Å². The molecule has 8 nitrogen and oxygen atoms in total. The van der Waals surface area contributed by atoms with Gasteiger partial charge in [-0.15, -0.1) is 0 Å². The van der Waals surface area contributed by atoms with E-state index in [2.05, 4.69) is 15.3 Å². The van der Waals surface area contributed by atoms with Gasteiger partial charge in [-0.25, -0.2) is 19.6 Å². The van der Waals surface area contributed by atoms with Gasteiger partial charge >= 0.3 is 11.9 Å². The Labute approximate surface area is 170 Å². The van der Waals surface area contributed by atoms with Crippen molar-refractivity contribution in [2.24, 2.45) is 0 Å². The summed E-state index contributed by atoms with van der Waals surface area (Å²) in [5.41, 5.74) is 0.814. The number of benzene rings is 2. The molecule has 0 radical (unpaired) electrons. The molecule has 1 aromatic heterocycles. The van der Waals surface area contributed by atoms with Crippen LogP contribution in [0.4, 0.5) is 11.5 Å². The summed E-state index contributed by atoms with van der Waals surface area (Å²) in [6.07, 6.45) is 1.32. The van der Waals surface area contributed by atoms with E-state index in [9.17, 15) is 14.7 Å². The number of carboxylic acid groups (broad SMARTS) is 1. The van der Waals surface area contributed by atoms with Crippen LogP contribution in [0.2, 0.25) is 5.02 Å². The van der Waals surface area contributed by atoms with Crippen LogP contribution in [0.25, 0.3) is 11.4 Å². The summed E-state index contributed by atoms with van der Waals surface area (Å²) in [6.45, 7) is 1.83. The highest BCUT2D eigenvalue weighted by Crippen LogP contribution is 2.30. The fourth-order valence-corrected chi connectivity index (χ4v) is 2.60. The topological polar surface area (TPSA) is 122 Å². The summed E-state index contributed by atoms with van der Waals surface area (Å²) in [5.74, 6) is -1.71. The summed E-state index contributed by atoms with van der Waals surface area (Å²) >= 11 is 5.91. The van der Waals surface area contributed by atoms with Gasteiger partial charge in [0.25, 0.3) is 0 Å². The number of hydrogen-bond acceptors (Lipinski definition) is 7. The molecule has 0 aliphatic carbocycles. The Bertz CT molecular complexity index is 1070. The minimum atomic E-state index is -1.17. The molecule has 0 spiro atoms. The van der Waals surface area contributed by atoms with Crippen LogP contribution in [-0.2, 0) is 4.74 Å². The zero-order valence-electron chi connectivity index (χ0n) is 15.2. The molecule has 0 aliphatic rings. The second-order valence-corrected chi connectivity index (χ2v) is 6.28. The maximum absolute atomic E-state index is 12.3. The lowest BCUT2D eigenvalue weighted by molar-refractivity contribution is 0.0526. The quantitative estimate of drug-likeness (QED) is 0.407. The van der Waals surface area contributed by atoms with Crippen LogP contribution in [0.3, 0.4) is 0 Å². The molecular formula is C20H16ClN3O5. The largest absolute Gasteiger partial charge is 0.506 e. The number of nitrogens with zero attached hydrogens (tertiary/aromatic N) is 2. The molecule has 0 unspecified atom stereocenters. The van der Waals surface area contributed by atoms with E-state index in [1.165, 1.54) is 18.3 Å². The number of phenols is 1. The fourth-order valence-electron chi connectivity index (χ4n) is 2.47. The van der Waals surface area contributed by atoms with Gasteiger partial charge in [-0.05, 0) is 49.4 Å². The molecule has 0 saturated heterocycles. The predicted molar refractivity (Wildman–Crippen MR) is 107 cm³/mol. The first-order chi connectivity index (χ1) is 13.9. The number of carboxylic acids is 1. The summed E-state index contributed by atoms with van der Waals surface area (Å²) < 4.78 is 5.03. The maximum Gasteiger partial charge on any atom is 0.343 e. The Morgan fingerprint density at radius 1 is 1.17 bits per heavy atom. The first-order valence-electron chi connectivity index (χ1n) is 8.52. The maximum atomic E-state index is 12.3. The summed E-state index contributed by atoms with van der Waals surface area (Å²) in [7, 11) is 0. The molecule has 0 bridgehead atoms. The van der Waals surface area contributed by atoms with Gasteiger partial charge < -0.3 is 20.3 Å². The Balaban J connectivity index is 2.03. The van der Waals surface area contributed by atoms with Crippen LogP contribution >= 0.6 is 11.6 Å². The number of carbonyl (C=O) groups is 2. The zero-order chi connectivity index (χ0) is 21.0. The highest BCUT2D eigenvalue weighted by molar-refractivity contribution is 6.30. The molecule has 0 aliphatic heterocycles. The Kier molecular flexibility index (Phi) is 5.94. The molecule has 9 heteroatoms. The van der Waals surface area contributed by atoms with Crippen molar-refractivity contribution in [2.75, 3.05) is 11.9 Å². The lowest BCUT2D eigenvalue weighted by atomic mass is 10.1. The molecule has 0 fully saturated rings. The van der Waals surface area contributed by atoms with E-state index < -0.39 is 11.9 Å². The molecule has 0 atom stereocenters. The second-order valence-electron chi connectivity index (χ2n) is 5.85. The van der Waals surface area contributed by atoms with Crippen molar-refractivity contribution in [1.29, 1.82) is 0 Å². The zero-order valence-corrected chi connectivity index (χ0v) is 16.0. The molecule has 0 amide bonds. The Morgan fingerprint density at radius 3 is 2.52 bits per heavy atom.